The average molecular weight is 476 g/mol. The van der Waals surface area contributed by atoms with Gasteiger partial charge in [0.1, 0.15) is 11.6 Å². The fraction of sp³-hybridized carbons (Fsp3) is 0.286. The molecule has 35 heavy (non-hydrogen) atoms. The average Bonchev–Trinajstić information content (AvgIpc) is 2.85. The highest BCUT2D eigenvalue weighted by Crippen LogP contribution is 2.23. The summed E-state index contributed by atoms with van der Waals surface area (Å²) in [6.45, 7) is 7.35. The molecule has 7 heteroatoms. The molecule has 0 saturated carbocycles. The van der Waals surface area contributed by atoms with Gasteiger partial charge in [0.2, 0.25) is 0 Å². The van der Waals surface area contributed by atoms with Crippen molar-refractivity contribution in [2.45, 2.75) is 52.0 Å². The number of hydrazine groups is 1. The van der Waals surface area contributed by atoms with Crippen LogP contribution in [0.4, 0.5) is 16.2 Å². The smallest absolute Gasteiger partial charge is 0.408 e. The highest BCUT2D eigenvalue weighted by molar-refractivity contribution is 5.88. The van der Waals surface area contributed by atoms with Gasteiger partial charge in [0, 0.05) is 0 Å². The SMILES string of the molecule is C[C@H](OCc1ccccc1)[C@@H](NC(=O)OC(C)(C)C)C(=O)NN(c1ccccc1)c1ccccc1. The number of hydrogen-bond acceptors (Lipinski definition) is 5. The van der Waals surface area contributed by atoms with E-state index >= 15 is 0 Å². The molecule has 0 aromatic heterocycles. The van der Waals surface area contributed by atoms with E-state index in [2.05, 4.69) is 10.7 Å². The highest BCUT2D eigenvalue weighted by atomic mass is 16.6. The van der Waals surface area contributed by atoms with Crippen molar-refractivity contribution in [2.24, 2.45) is 0 Å². The Bertz CT molecular complexity index is 1030. The van der Waals surface area contributed by atoms with E-state index in [1.54, 1.807) is 32.7 Å². The van der Waals surface area contributed by atoms with Gasteiger partial charge in [0.05, 0.1) is 24.1 Å². The van der Waals surface area contributed by atoms with Gasteiger partial charge in [0.25, 0.3) is 5.91 Å². The van der Waals surface area contributed by atoms with Crippen LogP contribution in [0.15, 0.2) is 91.0 Å². The lowest BCUT2D eigenvalue weighted by Crippen LogP contribution is -2.56. The molecule has 7 nitrogen and oxygen atoms in total. The molecule has 2 N–H and O–H groups in total. The van der Waals surface area contributed by atoms with Gasteiger partial charge < -0.3 is 14.8 Å². The zero-order chi connectivity index (χ0) is 25.3. The summed E-state index contributed by atoms with van der Waals surface area (Å²) in [4.78, 5) is 26.1. The quantitative estimate of drug-likeness (QED) is 0.408. The molecule has 0 spiro atoms. The Hall–Kier alpha value is -3.84. The standard InChI is InChI=1S/C28H33N3O4/c1-21(34-20-22-14-8-5-9-15-22)25(29-27(33)35-28(2,3)4)26(32)30-31(23-16-10-6-11-17-23)24-18-12-7-13-19-24/h5-19,21,25H,20H2,1-4H3,(H,29,33)(H,30,32)/t21-,25+/m0/s1. The summed E-state index contributed by atoms with van der Waals surface area (Å²) >= 11 is 0. The van der Waals surface area contributed by atoms with E-state index in [1.165, 1.54) is 0 Å². The van der Waals surface area contributed by atoms with Crippen molar-refractivity contribution in [3.8, 4) is 0 Å². The molecular formula is C28H33N3O4. The predicted molar refractivity (Wildman–Crippen MR) is 137 cm³/mol. The third-order valence-corrected chi connectivity index (χ3v) is 5.03. The number of alkyl carbamates (subject to hydrolysis) is 1. The summed E-state index contributed by atoms with van der Waals surface area (Å²) in [6.07, 6.45) is -1.34. The van der Waals surface area contributed by atoms with E-state index in [4.69, 9.17) is 9.47 Å². The van der Waals surface area contributed by atoms with Crippen molar-refractivity contribution < 1.29 is 19.1 Å². The van der Waals surface area contributed by atoms with Crippen LogP contribution in [0.5, 0.6) is 0 Å². The minimum Gasteiger partial charge on any atom is -0.444 e. The minimum absolute atomic E-state index is 0.295. The number of nitrogens with zero attached hydrogens (tertiary/aromatic N) is 1. The van der Waals surface area contributed by atoms with Crippen LogP contribution in [0.1, 0.15) is 33.3 Å². The second-order valence-electron chi connectivity index (χ2n) is 9.11. The van der Waals surface area contributed by atoms with Gasteiger partial charge in [-0.2, -0.15) is 0 Å². The van der Waals surface area contributed by atoms with Crippen LogP contribution in [0.25, 0.3) is 0 Å². The van der Waals surface area contributed by atoms with E-state index in [-0.39, 0.29) is 0 Å². The lowest BCUT2D eigenvalue weighted by molar-refractivity contribution is -0.127. The maximum atomic E-state index is 13.6. The van der Waals surface area contributed by atoms with Crippen LogP contribution in [-0.4, -0.2) is 29.7 Å². The summed E-state index contributed by atoms with van der Waals surface area (Å²) in [5.41, 5.74) is 4.73. The van der Waals surface area contributed by atoms with E-state index in [0.717, 1.165) is 16.9 Å². The number of nitrogens with one attached hydrogen (secondary N) is 2. The monoisotopic (exact) mass is 475 g/mol. The van der Waals surface area contributed by atoms with Crippen LogP contribution >= 0.6 is 0 Å². The Labute approximate surface area is 207 Å². The number of benzene rings is 3. The Kier molecular flexibility index (Phi) is 8.86. The maximum Gasteiger partial charge on any atom is 0.408 e. The van der Waals surface area contributed by atoms with Crippen molar-refractivity contribution >= 4 is 23.4 Å². The summed E-state index contributed by atoms with van der Waals surface area (Å²) in [6, 6.07) is 27.5. The number of rotatable bonds is 9. The zero-order valence-corrected chi connectivity index (χ0v) is 20.6. The molecule has 0 aliphatic carbocycles. The molecule has 0 aliphatic heterocycles. The lowest BCUT2D eigenvalue weighted by atomic mass is 10.1. The Balaban J connectivity index is 1.82. The number of carbonyl (C=O) groups excluding carboxylic acids is 2. The first kappa shape index (κ1) is 25.8. The summed E-state index contributed by atoms with van der Waals surface area (Å²) in [7, 11) is 0. The summed E-state index contributed by atoms with van der Waals surface area (Å²) < 4.78 is 11.4. The van der Waals surface area contributed by atoms with Gasteiger partial charge in [-0.25, -0.2) is 4.79 Å². The van der Waals surface area contributed by atoms with Crippen molar-refractivity contribution in [3.63, 3.8) is 0 Å². The van der Waals surface area contributed by atoms with E-state index in [0.29, 0.717) is 6.61 Å². The van der Waals surface area contributed by atoms with E-state index in [1.807, 2.05) is 91.0 Å². The van der Waals surface area contributed by atoms with Gasteiger partial charge in [-0.05, 0) is 57.5 Å². The second kappa shape index (κ2) is 12.0. The first-order valence-electron chi connectivity index (χ1n) is 11.6. The minimum atomic E-state index is -1.01. The normalized spacial score (nSPS) is 12.8. The Morgan fingerprint density at radius 3 is 1.80 bits per heavy atom. The molecule has 0 radical (unpaired) electrons. The summed E-state index contributed by atoms with van der Waals surface area (Å²) in [5, 5.41) is 4.37. The molecule has 0 bridgehead atoms. The number of carbonyl (C=O) groups is 2. The van der Waals surface area contributed by atoms with Crippen LogP contribution in [-0.2, 0) is 20.9 Å². The fourth-order valence-electron chi connectivity index (χ4n) is 3.34. The van der Waals surface area contributed by atoms with Crippen molar-refractivity contribution in [1.29, 1.82) is 0 Å². The lowest BCUT2D eigenvalue weighted by Gasteiger charge is -2.31. The molecule has 2 atom stereocenters. The largest absolute Gasteiger partial charge is 0.444 e. The van der Waals surface area contributed by atoms with Gasteiger partial charge >= 0.3 is 6.09 Å². The first-order chi connectivity index (χ1) is 16.7. The molecule has 3 aromatic carbocycles. The molecule has 0 saturated heterocycles. The highest BCUT2D eigenvalue weighted by Gasteiger charge is 2.31. The zero-order valence-electron chi connectivity index (χ0n) is 20.6. The molecule has 0 fully saturated rings. The van der Waals surface area contributed by atoms with Gasteiger partial charge in [-0.3, -0.25) is 15.2 Å². The van der Waals surface area contributed by atoms with Gasteiger partial charge in [-0.1, -0.05) is 66.7 Å². The number of para-hydroxylation sites is 2. The van der Waals surface area contributed by atoms with Crippen LogP contribution in [0.2, 0.25) is 0 Å². The fourth-order valence-corrected chi connectivity index (χ4v) is 3.34. The number of ether oxygens (including phenoxy) is 2. The third-order valence-electron chi connectivity index (χ3n) is 5.03. The van der Waals surface area contributed by atoms with Crippen molar-refractivity contribution in [2.75, 3.05) is 5.01 Å². The first-order valence-corrected chi connectivity index (χ1v) is 11.6. The van der Waals surface area contributed by atoms with Crippen LogP contribution < -0.4 is 15.8 Å². The molecule has 0 heterocycles. The van der Waals surface area contributed by atoms with Gasteiger partial charge in [0.15, 0.2) is 0 Å². The summed E-state index contributed by atoms with van der Waals surface area (Å²) in [5.74, 6) is -0.441. The van der Waals surface area contributed by atoms with Gasteiger partial charge in [-0.15, -0.1) is 0 Å². The Morgan fingerprint density at radius 1 is 0.829 bits per heavy atom. The topological polar surface area (TPSA) is 79.9 Å². The molecule has 0 unspecified atom stereocenters. The number of anilines is 2. The van der Waals surface area contributed by atoms with Crippen LogP contribution in [0, 0.1) is 0 Å². The molecule has 3 rings (SSSR count). The second-order valence-corrected chi connectivity index (χ2v) is 9.11. The number of amides is 2. The van der Waals surface area contributed by atoms with Crippen LogP contribution in [0.3, 0.4) is 0 Å². The van der Waals surface area contributed by atoms with Crippen molar-refractivity contribution in [3.05, 3.63) is 96.6 Å². The van der Waals surface area contributed by atoms with Crippen molar-refractivity contribution in [1.82, 2.24) is 10.7 Å². The van der Waals surface area contributed by atoms with E-state index < -0.39 is 29.7 Å². The molecular weight excluding hydrogens is 442 g/mol. The molecule has 0 aliphatic rings. The third kappa shape index (κ3) is 8.15. The van der Waals surface area contributed by atoms with E-state index in [9.17, 15) is 9.59 Å². The number of hydrogen-bond donors (Lipinski definition) is 2. The predicted octanol–water partition coefficient (Wildman–Crippen LogP) is 5.35. The molecule has 184 valence electrons. The Morgan fingerprint density at radius 2 is 1.31 bits per heavy atom. The molecule has 3 aromatic rings. The maximum absolute atomic E-state index is 13.6. The molecule has 2 amide bonds.